The zero-order valence-electron chi connectivity index (χ0n) is 16.4. The summed E-state index contributed by atoms with van der Waals surface area (Å²) < 4.78 is 29.9. The highest BCUT2D eigenvalue weighted by Gasteiger charge is 2.60. The van der Waals surface area contributed by atoms with Crippen LogP contribution in [0.2, 0.25) is 0 Å². The first-order valence-corrected chi connectivity index (χ1v) is 9.38. The summed E-state index contributed by atoms with van der Waals surface area (Å²) in [6.07, 6.45) is -4.06. The molecule has 3 aliphatic heterocycles. The van der Waals surface area contributed by atoms with E-state index in [-0.39, 0.29) is 5.91 Å². The lowest BCUT2D eigenvalue weighted by atomic mass is 9.91. The van der Waals surface area contributed by atoms with Crippen LogP contribution < -0.4 is 0 Å². The van der Waals surface area contributed by atoms with Crippen molar-refractivity contribution in [3.8, 4) is 0 Å². The van der Waals surface area contributed by atoms with Gasteiger partial charge in [0.1, 0.15) is 30.5 Å². The van der Waals surface area contributed by atoms with Crippen LogP contribution in [-0.4, -0.2) is 83.8 Å². The summed E-state index contributed by atoms with van der Waals surface area (Å²) in [7, 11) is 0. The molecule has 3 saturated heterocycles. The molecule has 0 spiro atoms. The van der Waals surface area contributed by atoms with E-state index in [0.717, 1.165) is 0 Å². The smallest absolute Gasteiger partial charge is 0.254 e. The zero-order valence-corrected chi connectivity index (χ0v) is 16.4. The first-order valence-electron chi connectivity index (χ1n) is 9.38. The van der Waals surface area contributed by atoms with Gasteiger partial charge in [-0.2, -0.15) is 0 Å². The minimum absolute atomic E-state index is 0.299. The minimum atomic E-state index is -1.34. The molecule has 0 aromatic heterocycles. The van der Waals surface area contributed by atoms with Crippen molar-refractivity contribution in [2.45, 2.75) is 89.7 Å². The number of carbonyl (C=O) groups excluding carboxylic acids is 1. The number of rotatable bonds is 4. The number of amides is 1. The molecule has 0 unspecified atom stereocenters. The molecule has 0 aromatic carbocycles. The third-order valence-electron chi connectivity index (χ3n) is 5.16. The first kappa shape index (κ1) is 20.0. The van der Waals surface area contributed by atoms with E-state index in [1.165, 1.54) is 0 Å². The number of nitrogens with zero attached hydrogens (tertiary/aromatic N) is 1. The van der Waals surface area contributed by atoms with Crippen molar-refractivity contribution in [1.29, 1.82) is 0 Å². The highest BCUT2D eigenvalue weighted by Crippen LogP contribution is 2.42. The van der Waals surface area contributed by atoms with Crippen LogP contribution in [0.5, 0.6) is 0 Å². The van der Waals surface area contributed by atoms with E-state index in [2.05, 4.69) is 0 Å². The van der Waals surface area contributed by atoms with Gasteiger partial charge < -0.3 is 33.7 Å². The molecule has 3 aliphatic rings. The van der Waals surface area contributed by atoms with Crippen LogP contribution >= 0.6 is 0 Å². The molecular formula is C18H31NO7. The molecular weight excluding hydrogens is 342 g/mol. The van der Waals surface area contributed by atoms with Crippen LogP contribution in [0.3, 0.4) is 0 Å². The Morgan fingerprint density at radius 3 is 2.23 bits per heavy atom. The highest BCUT2D eigenvalue weighted by molar-refractivity contribution is 5.81. The quantitative estimate of drug-likeness (QED) is 0.774. The van der Waals surface area contributed by atoms with E-state index in [4.69, 9.17) is 23.7 Å². The molecule has 1 N–H and O–H groups in total. The number of hydrogen-bond donors (Lipinski definition) is 1. The van der Waals surface area contributed by atoms with Gasteiger partial charge in [0.15, 0.2) is 17.7 Å². The van der Waals surface area contributed by atoms with Crippen molar-refractivity contribution in [1.82, 2.24) is 4.90 Å². The van der Waals surface area contributed by atoms with E-state index in [9.17, 15) is 9.90 Å². The number of fused-ring (bicyclic) bond motifs is 3. The molecule has 8 nitrogen and oxygen atoms in total. The van der Waals surface area contributed by atoms with Crippen LogP contribution in [0, 0.1) is 0 Å². The van der Waals surface area contributed by atoms with Crippen molar-refractivity contribution >= 4 is 5.91 Å². The predicted molar refractivity (Wildman–Crippen MR) is 91.3 cm³/mol. The lowest BCUT2D eigenvalue weighted by molar-refractivity contribution is -0.351. The van der Waals surface area contributed by atoms with E-state index in [0.29, 0.717) is 19.7 Å². The van der Waals surface area contributed by atoms with Gasteiger partial charge in [0.05, 0.1) is 6.61 Å². The summed E-state index contributed by atoms with van der Waals surface area (Å²) >= 11 is 0. The van der Waals surface area contributed by atoms with Gasteiger partial charge in [-0.25, -0.2) is 0 Å². The van der Waals surface area contributed by atoms with Gasteiger partial charge in [-0.1, -0.05) is 0 Å². The summed E-state index contributed by atoms with van der Waals surface area (Å²) in [4.78, 5) is 14.2. The van der Waals surface area contributed by atoms with E-state index in [1.807, 2.05) is 27.7 Å². The van der Waals surface area contributed by atoms with Crippen molar-refractivity contribution in [3.63, 3.8) is 0 Å². The fraction of sp³-hybridized carbons (Fsp3) is 0.944. The average Bonchev–Trinajstić information content (AvgIpc) is 2.89. The number of carbonyl (C=O) groups is 1. The van der Waals surface area contributed by atoms with E-state index >= 15 is 0 Å². The normalized spacial score (nSPS) is 39.0. The predicted octanol–water partition coefficient (Wildman–Crippen LogP) is 0.655. The third-order valence-corrected chi connectivity index (χ3v) is 5.16. The van der Waals surface area contributed by atoms with E-state index < -0.39 is 48.2 Å². The number of ether oxygens (including phenoxy) is 5. The van der Waals surface area contributed by atoms with Crippen LogP contribution in [0.25, 0.3) is 0 Å². The first-order chi connectivity index (χ1) is 12.1. The minimum Gasteiger partial charge on any atom is -0.380 e. The lowest BCUT2D eigenvalue weighted by Crippen LogP contribution is -2.66. The summed E-state index contributed by atoms with van der Waals surface area (Å²) in [5, 5.41) is 10.8. The van der Waals surface area contributed by atoms with Crippen LogP contribution in [0.4, 0.5) is 0 Å². The van der Waals surface area contributed by atoms with Crippen molar-refractivity contribution in [2.75, 3.05) is 19.7 Å². The second kappa shape index (κ2) is 7.00. The number of likely N-dealkylation sites (N-methyl/N-ethyl adjacent to an activating group) is 1. The molecule has 150 valence electrons. The molecule has 0 bridgehead atoms. The molecule has 26 heavy (non-hydrogen) atoms. The SMILES string of the molecule is CCN(CC)C(=O)[C@@H](O)[C@H]1O[C@@H]2COC(C)(C)O[C@H]2[C@@H]2OC(C)(C)O[C@@H]21. The lowest BCUT2D eigenvalue weighted by Gasteiger charge is -2.49. The Balaban J connectivity index is 1.85. The van der Waals surface area contributed by atoms with Gasteiger partial charge in [-0.15, -0.1) is 0 Å². The van der Waals surface area contributed by atoms with Crippen molar-refractivity contribution in [3.05, 3.63) is 0 Å². The van der Waals surface area contributed by atoms with Crippen LogP contribution in [-0.2, 0) is 28.5 Å². The van der Waals surface area contributed by atoms with Gasteiger partial charge in [0, 0.05) is 13.1 Å². The fourth-order valence-corrected chi connectivity index (χ4v) is 3.93. The standard InChI is InChI=1S/C18H31NO7/c1-7-19(8-2)16(21)11(20)13-15-14(25-18(5,6)26-15)12-10(23-13)9-22-17(3,4)24-12/h10-15,20H,7-9H2,1-6H3/t10-,11+,12-,13-,14+,15-/m1/s1. The Morgan fingerprint density at radius 1 is 1.04 bits per heavy atom. The summed E-state index contributed by atoms with van der Waals surface area (Å²) in [5.74, 6) is -1.98. The second-order valence-corrected chi connectivity index (χ2v) is 7.95. The summed E-state index contributed by atoms with van der Waals surface area (Å²) in [6, 6.07) is 0. The van der Waals surface area contributed by atoms with Gasteiger partial charge in [0.2, 0.25) is 0 Å². The van der Waals surface area contributed by atoms with Crippen molar-refractivity contribution < 1.29 is 33.6 Å². The molecule has 3 fully saturated rings. The topological polar surface area (TPSA) is 86.7 Å². The van der Waals surface area contributed by atoms with Gasteiger partial charge in [-0.05, 0) is 41.5 Å². The Bertz CT molecular complexity index is 534. The number of hydrogen-bond acceptors (Lipinski definition) is 7. The zero-order chi connectivity index (χ0) is 19.3. The number of aliphatic hydroxyl groups is 1. The monoisotopic (exact) mass is 373 g/mol. The van der Waals surface area contributed by atoms with E-state index in [1.54, 1.807) is 18.7 Å². The largest absolute Gasteiger partial charge is 0.380 e. The molecule has 3 heterocycles. The van der Waals surface area contributed by atoms with Gasteiger partial charge >= 0.3 is 0 Å². The fourth-order valence-electron chi connectivity index (χ4n) is 3.93. The number of aliphatic hydroxyl groups excluding tert-OH is 1. The molecule has 0 radical (unpaired) electrons. The molecule has 0 saturated carbocycles. The molecule has 8 heteroatoms. The maximum Gasteiger partial charge on any atom is 0.254 e. The molecule has 0 aliphatic carbocycles. The molecule has 0 aromatic rings. The van der Waals surface area contributed by atoms with Crippen LogP contribution in [0.15, 0.2) is 0 Å². The second-order valence-electron chi connectivity index (χ2n) is 7.95. The molecule has 3 rings (SSSR count). The Kier molecular flexibility index (Phi) is 5.38. The Labute approximate surface area is 154 Å². The Morgan fingerprint density at radius 2 is 1.62 bits per heavy atom. The van der Waals surface area contributed by atoms with Crippen LogP contribution in [0.1, 0.15) is 41.5 Å². The Hall–Kier alpha value is -0.770. The van der Waals surface area contributed by atoms with Crippen molar-refractivity contribution in [2.24, 2.45) is 0 Å². The maximum absolute atomic E-state index is 12.7. The molecule has 1 amide bonds. The maximum atomic E-state index is 12.7. The summed E-state index contributed by atoms with van der Waals surface area (Å²) in [5.41, 5.74) is 0. The van der Waals surface area contributed by atoms with Gasteiger partial charge in [-0.3, -0.25) is 4.79 Å². The highest BCUT2D eigenvalue weighted by atomic mass is 16.8. The average molecular weight is 373 g/mol. The molecule has 6 atom stereocenters. The summed E-state index contributed by atoms with van der Waals surface area (Å²) in [6.45, 7) is 12.4. The van der Waals surface area contributed by atoms with Gasteiger partial charge in [0.25, 0.3) is 5.91 Å². The third kappa shape index (κ3) is 3.63.